The second-order valence-corrected chi connectivity index (χ2v) is 8.47. The largest absolute Gasteiger partial charge is 0.495 e. The highest BCUT2D eigenvalue weighted by molar-refractivity contribution is 6.14. The maximum atomic E-state index is 13.0. The van der Waals surface area contributed by atoms with E-state index in [4.69, 9.17) is 9.47 Å². The van der Waals surface area contributed by atoms with Crippen molar-refractivity contribution in [2.45, 2.75) is 34.1 Å². The number of carbonyl (C=O) groups excluding carboxylic acids is 2. The highest BCUT2D eigenvalue weighted by Gasteiger charge is 2.27. The van der Waals surface area contributed by atoms with Crippen LogP contribution in [0.5, 0.6) is 5.75 Å². The van der Waals surface area contributed by atoms with Crippen molar-refractivity contribution in [2.24, 2.45) is 18.9 Å². The standard InChI is InChI=1S/C23H33N3O4/c1-7-30-23(28)20-16(4)25(5)17-8-9-18(29-6)22(21(17)20)24-19(27)13-26-11-14(2)10-15(3)12-26/h8-9,14-15H,7,10-13H2,1-6H3,(H,24,27)/t14-,15+. The van der Waals surface area contributed by atoms with Crippen molar-refractivity contribution in [1.29, 1.82) is 0 Å². The first-order chi connectivity index (χ1) is 14.3. The van der Waals surface area contributed by atoms with Gasteiger partial charge in [-0.2, -0.15) is 0 Å². The number of nitrogens with one attached hydrogen (secondary N) is 1. The summed E-state index contributed by atoms with van der Waals surface area (Å²) in [5.74, 6) is 1.16. The summed E-state index contributed by atoms with van der Waals surface area (Å²) in [7, 11) is 3.46. The minimum atomic E-state index is -0.400. The number of aryl methyl sites for hydroxylation is 1. The lowest BCUT2D eigenvalue weighted by Gasteiger charge is -2.34. The summed E-state index contributed by atoms with van der Waals surface area (Å²) in [4.78, 5) is 27.9. The van der Waals surface area contributed by atoms with Crippen LogP contribution in [0.15, 0.2) is 12.1 Å². The van der Waals surface area contributed by atoms with Crippen molar-refractivity contribution in [1.82, 2.24) is 9.47 Å². The van der Waals surface area contributed by atoms with Crippen molar-refractivity contribution < 1.29 is 19.1 Å². The number of piperidine rings is 1. The van der Waals surface area contributed by atoms with Crippen molar-refractivity contribution in [3.8, 4) is 5.75 Å². The van der Waals surface area contributed by atoms with E-state index >= 15 is 0 Å². The molecule has 0 spiro atoms. The number of aromatic nitrogens is 1. The van der Waals surface area contributed by atoms with E-state index < -0.39 is 5.97 Å². The van der Waals surface area contributed by atoms with E-state index in [0.29, 0.717) is 40.8 Å². The molecule has 3 rings (SSSR count). The average molecular weight is 416 g/mol. The van der Waals surface area contributed by atoms with Crippen LogP contribution < -0.4 is 10.1 Å². The predicted molar refractivity (Wildman–Crippen MR) is 118 cm³/mol. The number of anilines is 1. The number of esters is 1. The normalized spacial score (nSPS) is 19.7. The van der Waals surface area contributed by atoms with E-state index in [-0.39, 0.29) is 12.5 Å². The third kappa shape index (κ3) is 4.31. The number of benzene rings is 1. The average Bonchev–Trinajstić information content (AvgIpc) is 2.92. The zero-order chi connectivity index (χ0) is 22.0. The van der Waals surface area contributed by atoms with Crippen LogP contribution in [-0.4, -0.2) is 54.7 Å². The molecule has 30 heavy (non-hydrogen) atoms. The number of nitrogens with zero attached hydrogens (tertiary/aromatic N) is 2. The zero-order valence-electron chi connectivity index (χ0n) is 18.9. The van der Waals surface area contributed by atoms with Gasteiger partial charge in [0.25, 0.3) is 0 Å². The highest BCUT2D eigenvalue weighted by atomic mass is 16.5. The molecule has 164 valence electrons. The Balaban J connectivity index is 1.98. The summed E-state index contributed by atoms with van der Waals surface area (Å²) >= 11 is 0. The number of amides is 1. The molecule has 1 saturated heterocycles. The molecule has 0 saturated carbocycles. The molecule has 0 bridgehead atoms. The van der Waals surface area contributed by atoms with Crippen molar-refractivity contribution >= 4 is 28.5 Å². The fourth-order valence-electron chi connectivity index (χ4n) is 4.68. The lowest BCUT2D eigenvalue weighted by atomic mass is 9.92. The molecule has 2 heterocycles. The van der Waals surface area contributed by atoms with Gasteiger partial charge in [-0.05, 0) is 44.2 Å². The van der Waals surface area contributed by atoms with Crippen LogP contribution >= 0.6 is 0 Å². The Hall–Kier alpha value is -2.54. The Morgan fingerprint density at radius 1 is 1.20 bits per heavy atom. The van der Waals surface area contributed by atoms with Gasteiger partial charge in [0.15, 0.2) is 0 Å². The smallest absolute Gasteiger partial charge is 0.340 e. The molecule has 7 nitrogen and oxygen atoms in total. The first-order valence-electron chi connectivity index (χ1n) is 10.6. The van der Waals surface area contributed by atoms with Crippen LogP contribution in [0.25, 0.3) is 10.9 Å². The van der Waals surface area contributed by atoms with E-state index in [2.05, 4.69) is 24.1 Å². The highest BCUT2D eigenvalue weighted by Crippen LogP contribution is 2.38. The monoisotopic (exact) mass is 415 g/mol. The quantitative estimate of drug-likeness (QED) is 0.730. The molecule has 1 aliphatic rings. The maximum Gasteiger partial charge on any atom is 0.340 e. The number of fused-ring (bicyclic) bond motifs is 1. The zero-order valence-corrected chi connectivity index (χ0v) is 18.9. The number of carbonyl (C=O) groups is 2. The summed E-state index contributed by atoms with van der Waals surface area (Å²) in [5, 5.41) is 3.69. The fourth-order valence-corrected chi connectivity index (χ4v) is 4.68. The second kappa shape index (κ2) is 9.08. The molecular weight excluding hydrogens is 382 g/mol. The van der Waals surface area contributed by atoms with Gasteiger partial charge in [0.05, 0.1) is 37.0 Å². The molecule has 1 aromatic heterocycles. The van der Waals surface area contributed by atoms with Gasteiger partial charge in [0.2, 0.25) is 5.91 Å². The van der Waals surface area contributed by atoms with Crippen molar-refractivity contribution in [3.63, 3.8) is 0 Å². The molecule has 0 radical (unpaired) electrons. The third-order valence-corrected chi connectivity index (χ3v) is 5.90. The van der Waals surface area contributed by atoms with Gasteiger partial charge < -0.3 is 19.4 Å². The van der Waals surface area contributed by atoms with Crippen molar-refractivity contribution in [3.05, 3.63) is 23.4 Å². The SMILES string of the molecule is CCOC(=O)c1c(C)n(C)c2ccc(OC)c(NC(=O)CN3C[C@H](C)C[C@H](C)C3)c12. The molecule has 1 aliphatic heterocycles. The molecule has 1 aromatic carbocycles. The van der Waals surface area contributed by atoms with E-state index in [1.54, 1.807) is 14.0 Å². The van der Waals surface area contributed by atoms with Crippen LogP contribution in [0.2, 0.25) is 0 Å². The van der Waals surface area contributed by atoms with Crippen LogP contribution in [0.3, 0.4) is 0 Å². The van der Waals surface area contributed by atoms with Gasteiger partial charge >= 0.3 is 5.97 Å². The van der Waals surface area contributed by atoms with Crippen LogP contribution in [-0.2, 0) is 16.6 Å². The van der Waals surface area contributed by atoms with E-state index in [0.717, 1.165) is 24.3 Å². The molecule has 0 aliphatic carbocycles. The van der Waals surface area contributed by atoms with E-state index in [1.807, 2.05) is 30.7 Å². The molecule has 7 heteroatoms. The molecular formula is C23H33N3O4. The van der Waals surface area contributed by atoms with Gasteiger partial charge in [-0.3, -0.25) is 9.69 Å². The lowest BCUT2D eigenvalue weighted by molar-refractivity contribution is -0.117. The Morgan fingerprint density at radius 3 is 2.47 bits per heavy atom. The summed E-state index contributed by atoms with van der Waals surface area (Å²) in [6, 6.07) is 3.71. The topological polar surface area (TPSA) is 72.8 Å². The minimum Gasteiger partial charge on any atom is -0.495 e. The Bertz CT molecular complexity index is 940. The molecule has 0 unspecified atom stereocenters. The Kier molecular flexibility index (Phi) is 6.71. The fraction of sp³-hybridized carbons (Fsp3) is 0.565. The molecule has 2 aromatic rings. The third-order valence-electron chi connectivity index (χ3n) is 5.90. The predicted octanol–water partition coefficient (Wildman–Crippen LogP) is 3.59. The number of methoxy groups -OCH3 is 1. The molecule has 2 atom stereocenters. The van der Waals surface area contributed by atoms with Gasteiger partial charge in [-0.25, -0.2) is 4.79 Å². The van der Waals surface area contributed by atoms with E-state index in [9.17, 15) is 9.59 Å². The van der Waals surface area contributed by atoms with Crippen LogP contribution in [0.4, 0.5) is 5.69 Å². The summed E-state index contributed by atoms with van der Waals surface area (Å²) in [5.41, 5.74) is 2.60. The molecule has 1 amide bonds. The second-order valence-electron chi connectivity index (χ2n) is 8.47. The number of hydrogen-bond donors (Lipinski definition) is 1. The maximum absolute atomic E-state index is 13.0. The van der Waals surface area contributed by atoms with Gasteiger partial charge in [0.1, 0.15) is 5.75 Å². The van der Waals surface area contributed by atoms with Gasteiger partial charge in [0, 0.05) is 31.2 Å². The Morgan fingerprint density at radius 2 is 1.87 bits per heavy atom. The summed E-state index contributed by atoms with van der Waals surface area (Å²) in [6.45, 7) is 10.5. The number of ether oxygens (including phenoxy) is 2. The van der Waals surface area contributed by atoms with Crippen LogP contribution in [0.1, 0.15) is 43.2 Å². The first kappa shape index (κ1) is 22.2. The minimum absolute atomic E-state index is 0.113. The summed E-state index contributed by atoms with van der Waals surface area (Å²) in [6.07, 6.45) is 1.19. The first-order valence-corrected chi connectivity index (χ1v) is 10.6. The molecule has 1 fully saturated rings. The Labute approximate surface area is 178 Å². The molecule has 1 N–H and O–H groups in total. The van der Waals surface area contributed by atoms with E-state index in [1.165, 1.54) is 6.42 Å². The van der Waals surface area contributed by atoms with Gasteiger partial charge in [-0.1, -0.05) is 13.8 Å². The number of likely N-dealkylation sites (tertiary alicyclic amines) is 1. The lowest BCUT2D eigenvalue weighted by Crippen LogP contribution is -2.42. The van der Waals surface area contributed by atoms with Crippen LogP contribution in [0, 0.1) is 18.8 Å². The number of rotatable bonds is 6. The summed E-state index contributed by atoms with van der Waals surface area (Å²) < 4.78 is 12.8. The van der Waals surface area contributed by atoms with Crippen molar-refractivity contribution in [2.75, 3.05) is 38.7 Å². The number of hydrogen-bond acceptors (Lipinski definition) is 5. The van der Waals surface area contributed by atoms with Gasteiger partial charge in [-0.15, -0.1) is 0 Å².